The third kappa shape index (κ3) is 3.10. The third-order valence-electron chi connectivity index (χ3n) is 4.32. The largest absolute Gasteiger partial charge is 0.389 e. The minimum Gasteiger partial charge on any atom is -0.389 e. The maximum absolute atomic E-state index is 9.85. The van der Waals surface area contributed by atoms with Crippen molar-refractivity contribution in [3.8, 4) is 0 Å². The molecule has 0 aliphatic heterocycles. The average molecular weight is 222 g/mol. The molecule has 0 heterocycles. The lowest BCUT2D eigenvalue weighted by atomic mass is 9.73. The fraction of sp³-hybridized carbons (Fsp3) is 0.867. The maximum atomic E-state index is 9.85. The van der Waals surface area contributed by atoms with Gasteiger partial charge in [-0.15, -0.1) is 0 Å². The van der Waals surface area contributed by atoms with Crippen LogP contribution in [0.5, 0.6) is 0 Å². The standard InChI is InChI=1S/C15H26O/c1-11-7-12(2)9-14(8-11)13-5-3-4-6-15(16)10-13/h10-12,14-16H,3-9H2,1-2H3. The van der Waals surface area contributed by atoms with Crippen molar-refractivity contribution in [2.75, 3.05) is 0 Å². The molecule has 1 nitrogen and oxygen atoms in total. The van der Waals surface area contributed by atoms with Gasteiger partial charge >= 0.3 is 0 Å². The van der Waals surface area contributed by atoms with E-state index in [1.165, 1.54) is 38.5 Å². The van der Waals surface area contributed by atoms with Gasteiger partial charge in [-0.3, -0.25) is 0 Å². The van der Waals surface area contributed by atoms with E-state index in [0.29, 0.717) is 0 Å². The second kappa shape index (κ2) is 5.35. The Labute approximate surface area is 99.9 Å². The molecule has 1 fully saturated rings. The van der Waals surface area contributed by atoms with Crippen LogP contribution in [0.4, 0.5) is 0 Å². The molecular formula is C15H26O. The van der Waals surface area contributed by atoms with E-state index in [9.17, 15) is 5.11 Å². The maximum Gasteiger partial charge on any atom is 0.0723 e. The van der Waals surface area contributed by atoms with E-state index < -0.39 is 0 Å². The highest BCUT2D eigenvalue weighted by Gasteiger charge is 2.27. The van der Waals surface area contributed by atoms with Crippen LogP contribution in [-0.2, 0) is 0 Å². The summed E-state index contributed by atoms with van der Waals surface area (Å²) < 4.78 is 0. The minimum atomic E-state index is -0.162. The van der Waals surface area contributed by atoms with Gasteiger partial charge in [-0.05, 0) is 56.3 Å². The molecule has 92 valence electrons. The Morgan fingerprint density at radius 2 is 1.75 bits per heavy atom. The first-order valence-corrected chi connectivity index (χ1v) is 7.03. The normalized spacial score (nSPS) is 41.3. The van der Waals surface area contributed by atoms with Crippen LogP contribution in [0.25, 0.3) is 0 Å². The average Bonchev–Trinajstić information content (AvgIpc) is 2.41. The Balaban J connectivity index is 2.04. The van der Waals surface area contributed by atoms with Crippen LogP contribution >= 0.6 is 0 Å². The molecule has 3 unspecified atom stereocenters. The number of aliphatic hydroxyl groups is 1. The summed E-state index contributed by atoms with van der Waals surface area (Å²) in [6, 6.07) is 0. The molecule has 0 aromatic rings. The molecule has 0 radical (unpaired) electrons. The topological polar surface area (TPSA) is 20.2 Å². The van der Waals surface area contributed by atoms with E-state index in [2.05, 4.69) is 19.9 Å². The number of aliphatic hydroxyl groups excluding tert-OH is 1. The molecule has 0 aromatic carbocycles. The number of hydrogen-bond donors (Lipinski definition) is 1. The summed E-state index contributed by atoms with van der Waals surface area (Å²) in [6.45, 7) is 4.77. The predicted molar refractivity (Wildman–Crippen MR) is 68.2 cm³/mol. The molecule has 2 aliphatic carbocycles. The van der Waals surface area contributed by atoms with Gasteiger partial charge in [-0.1, -0.05) is 31.9 Å². The molecule has 2 rings (SSSR count). The molecule has 3 atom stereocenters. The van der Waals surface area contributed by atoms with Gasteiger partial charge in [0.15, 0.2) is 0 Å². The first kappa shape index (κ1) is 12.2. The number of hydrogen-bond acceptors (Lipinski definition) is 1. The molecule has 0 saturated heterocycles. The summed E-state index contributed by atoms with van der Waals surface area (Å²) in [5, 5.41) is 9.85. The van der Waals surface area contributed by atoms with Crippen molar-refractivity contribution in [1.82, 2.24) is 0 Å². The van der Waals surface area contributed by atoms with Gasteiger partial charge < -0.3 is 5.11 Å². The van der Waals surface area contributed by atoms with Crippen LogP contribution in [-0.4, -0.2) is 11.2 Å². The van der Waals surface area contributed by atoms with E-state index in [1.54, 1.807) is 5.57 Å². The first-order valence-electron chi connectivity index (χ1n) is 7.03. The van der Waals surface area contributed by atoms with Gasteiger partial charge in [0.1, 0.15) is 0 Å². The minimum absolute atomic E-state index is 0.162. The lowest BCUT2D eigenvalue weighted by Gasteiger charge is -2.33. The van der Waals surface area contributed by atoms with E-state index in [-0.39, 0.29) is 6.10 Å². The Morgan fingerprint density at radius 1 is 1.06 bits per heavy atom. The summed E-state index contributed by atoms with van der Waals surface area (Å²) in [5.74, 6) is 2.51. The lowest BCUT2D eigenvalue weighted by Crippen LogP contribution is -2.21. The fourth-order valence-corrected chi connectivity index (χ4v) is 3.69. The van der Waals surface area contributed by atoms with Gasteiger partial charge in [0.05, 0.1) is 6.10 Å². The number of rotatable bonds is 1. The van der Waals surface area contributed by atoms with Crippen LogP contribution in [0.3, 0.4) is 0 Å². The summed E-state index contributed by atoms with van der Waals surface area (Å²) in [6.07, 6.45) is 10.8. The second-order valence-corrected chi connectivity index (χ2v) is 6.17. The van der Waals surface area contributed by atoms with Crippen LogP contribution in [0.15, 0.2) is 11.6 Å². The van der Waals surface area contributed by atoms with Crippen molar-refractivity contribution >= 4 is 0 Å². The molecule has 0 spiro atoms. The van der Waals surface area contributed by atoms with Crippen LogP contribution < -0.4 is 0 Å². The third-order valence-corrected chi connectivity index (χ3v) is 4.32. The van der Waals surface area contributed by atoms with Gasteiger partial charge in [-0.2, -0.15) is 0 Å². The smallest absolute Gasteiger partial charge is 0.0723 e. The summed E-state index contributed by atoms with van der Waals surface area (Å²) >= 11 is 0. The lowest BCUT2D eigenvalue weighted by molar-refractivity contribution is 0.207. The van der Waals surface area contributed by atoms with Gasteiger partial charge in [-0.25, -0.2) is 0 Å². The monoisotopic (exact) mass is 222 g/mol. The van der Waals surface area contributed by atoms with Gasteiger partial charge in [0, 0.05) is 0 Å². The Kier molecular flexibility index (Phi) is 4.07. The zero-order valence-electron chi connectivity index (χ0n) is 10.8. The summed E-state index contributed by atoms with van der Waals surface area (Å²) in [5.41, 5.74) is 1.57. The molecule has 2 aliphatic rings. The highest BCUT2D eigenvalue weighted by molar-refractivity contribution is 5.12. The quantitative estimate of drug-likeness (QED) is 0.667. The zero-order chi connectivity index (χ0) is 11.5. The second-order valence-electron chi connectivity index (χ2n) is 6.17. The molecule has 1 saturated carbocycles. The highest BCUT2D eigenvalue weighted by atomic mass is 16.3. The molecule has 0 aromatic heterocycles. The van der Waals surface area contributed by atoms with Crippen molar-refractivity contribution in [2.45, 2.75) is 64.9 Å². The number of allylic oxidation sites excluding steroid dienone is 1. The summed E-state index contributed by atoms with van der Waals surface area (Å²) in [7, 11) is 0. The van der Waals surface area contributed by atoms with E-state index in [0.717, 1.165) is 24.2 Å². The van der Waals surface area contributed by atoms with Crippen LogP contribution in [0, 0.1) is 17.8 Å². The molecule has 0 amide bonds. The van der Waals surface area contributed by atoms with Crippen molar-refractivity contribution in [2.24, 2.45) is 17.8 Å². The van der Waals surface area contributed by atoms with Crippen LogP contribution in [0.1, 0.15) is 58.8 Å². The molecule has 1 heteroatoms. The van der Waals surface area contributed by atoms with Crippen molar-refractivity contribution in [1.29, 1.82) is 0 Å². The Bertz CT molecular complexity index is 246. The fourth-order valence-electron chi connectivity index (χ4n) is 3.69. The summed E-state index contributed by atoms with van der Waals surface area (Å²) in [4.78, 5) is 0. The first-order chi connectivity index (χ1) is 7.65. The molecule has 1 N–H and O–H groups in total. The van der Waals surface area contributed by atoms with Gasteiger partial charge in [0.25, 0.3) is 0 Å². The molecule has 16 heavy (non-hydrogen) atoms. The Morgan fingerprint density at radius 3 is 2.44 bits per heavy atom. The van der Waals surface area contributed by atoms with Crippen molar-refractivity contribution in [3.05, 3.63) is 11.6 Å². The molecular weight excluding hydrogens is 196 g/mol. The predicted octanol–water partition coefficient (Wildman–Crippen LogP) is 3.92. The molecule has 0 bridgehead atoms. The van der Waals surface area contributed by atoms with Crippen LogP contribution in [0.2, 0.25) is 0 Å². The SMILES string of the molecule is CC1CC(C)CC(C2=CC(O)CCCC2)C1. The van der Waals surface area contributed by atoms with Crippen molar-refractivity contribution in [3.63, 3.8) is 0 Å². The zero-order valence-corrected chi connectivity index (χ0v) is 10.8. The Hall–Kier alpha value is -0.300. The van der Waals surface area contributed by atoms with Gasteiger partial charge in [0.2, 0.25) is 0 Å². The van der Waals surface area contributed by atoms with E-state index >= 15 is 0 Å². The highest BCUT2D eigenvalue weighted by Crippen LogP contribution is 2.39. The van der Waals surface area contributed by atoms with Crippen molar-refractivity contribution < 1.29 is 5.11 Å². The van der Waals surface area contributed by atoms with E-state index in [1.807, 2.05) is 0 Å². The van der Waals surface area contributed by atoms with E-state index in [4.69, 9.17) is 0 Å².